The molecule has 51 heavy (non-hydrogen) atoms. The molecule has 5 aromatic rings. The zero-order valence-electron chi connectivity index (χ0n) is 29.3. The van der Waals surface area contributed by atoms with Crippen LogP contribution in [0.2, 0.25) is 0 Å². The lowest BCUT2D eigenvalue weighted by molar-refractivity contribution is -0.160. The lowest BCUT2D eigenvalue weighted by Crippen LogP contribution is -2.47. The number of hydrogen-bond acceptors (Lipinski definition) is 5. The minimum absolute atomic E-state index is 0.0469. The van der Waals surface area contributed by atoms with Crippen molar-refractivity contribution in [2.24, 2.45) is 0 Å². The average molecular weight is 683 g/mol. The third kappa shape index (κ3) is 8.74. The molecule has 0 radical (unpaired) electrons. The topological polar surface area (TPSA) is 77.1 Å². The first-order valence-electron chi connectivity index (χ1n) is 17.9. The van der Waals surface area contributed by atoms with Gasteiger partial charge < -0.3 is 24.4 Å². The standard InChI is InChI=1S/C44H46N2O5/c1-3-49-41(50-4-2)30-46(29-28-35(32-18-8-5-9-19-32)33-20-10-6-11-21-33)43(47)42(34-22-12-7-13-23-34)45-44(48)51-31-40-38-26-16-14-24-36(38)37-25-15-17-27-39(37)40/h5-27,35,40-42H,3-4,28-31H2,1-2H3,(H,45,48). The molecule has 0 fully saturated rings. The third-order valence-electron chi connectivity index (χ3n) is 9.46. The number of ether oxygens (including phenoxy) is 3. The van der Waals surface area contributed by atoms with Crippen LogP contribution in [0.4, 0.5) is 4.79 Å². The van der Waals surface area contributed by atoms with E-state index < -0.39 is 18.4 Å². The molecule has 262 valence electrons. The number of alkyl carbamates (subject to hydrolysis) is 1. The monoisotopic (exact) mass is 682 g/mol. The summed E-state index contributed by atoms with van der Waals surface area (Å²) in [4.78, 5) is 30.1. The summed E-state index contributed by atoms with van der Waals surface area (Å²) in [6.07, 6.45) is -0.629. The third-order valence-corrected chi connectivity index (χ3v) is 9.46. The molecule has 0 aromatic heterocycles. The maximum absolute atomic E-state index is 14.7. The van der Waals surface area contributed by atoms with Crippen LogP contribution in [0, 0.1) is 0 Å². The molecule has 6 rings (SSSR count). The van der Waals surface area contributed by atoms with E-state index in [1.54, 1.807) is 4.90 Å². The minimum Gasteiger partial charge on any atom is -0.449 e. The Balaban J connectivity index is 1.24. The summed E-state index contributed by atoms with van der Waals surface area (Å²) in [5.41, 5.74) is 7.54. The summed E-state index contributed by atoms with van der Waals surface area (Å²) < 4.78 is 17.8. The summed E-state index contributed by atoms with van der Waals surface area (Å²) in [5, 5.41) is 2.94. The number of benzene rings is 5. The maximum atomic E-state index is 14.7. The summed E-state index contributed by atoms with van der Waals surface area (Å²) in [6.45, 7) is 5.43. The van der Waals surface area contributed by atoms with Crippen LogP contribution in [0.1, 0.15) is 66.0 Å². The van der Waals surface area contributed by atoms with Gasteiger partial charge in [0.05, 0.1) is 6.54 Å². The van der Waals surface area contributed by atoms with Crippen LogP contribution in [0.3, 0.4) is 0 Å². The van der Waals surface area contributed by atoms with E-state index in [0.29, 0.717) is 31.7 Å². The second-order valence-electron chi connectivity index (χ2n) is 12.6. The van der Waals surface area contributed by atoms with Gasteiger partial charge in [0.1, 0.15) is 12.6 Å². The first kappa shape index (κ1) is 35.6. The molecule has 5 aromatic carbocycles. The highest BCUT2D eigenvalue weighted by Gasteiger charge is 2.33. The Labute approximate surface area is 301 Å². The number of nitrogens with one attached hydrogen (secondary N) is 1. The number of rotatable bonds is 16. The molecule has 1 unspecified atom stereocenters. The minimum atomic E-state index is -0.988. The average Bonchev–Trinajstić information content (AvgIpc) is 3.50. The van der Waals surface area contributed by atoms with Crippen molar-refractivity contribution in [2.75, 3.05) is 32.9 Å². The first-order chi connectivity index (χ1) is 25.1. The Hall–Kier alpha value is -5.24. The van der Waals surface area contributed by atoms with Gasteiger partial charge in [0, 0.05) is 31.6 Å². The molecule has 2 amide bonds. The van der Waals surface area contributed by atoms with E-state index in [0.717, 1.165) is 22.3 Å². The van der Waals surface area contributed by atoms with Gasteiger partial charge in [-0.05, 0) is 59.2 Å². The number of nitrogens with zero attached hydrogens (tertiary/aromatic N) is 1. The Morgan fingerprint density at radius 3 is 1.63 bits per heavy atom. The number of carbonyl (C=O) groups excluding carboxylic acids is 2. The van der Waals surface area contributed by atoms with E-state index in [1.165, 1.54) is 11.1 Å². The normalized spacial score (nSPS) is 12.7. The fraction of sp³-hybridized carbons (Fsp3) is 0.273. The highest BCUT2D eigenvalue weighted by atomic mass is 16.7. The number of amides is 2. The van der Waals surface area contributed by atoms with Gasteiger partial charge in [-0.15, -0.1) is 0 Å². The highest BCUT2D eigenvalue weighted by Crippen LogP contribution is 2.44. The van der Waals surface area contributed by atoms with Gasteiger partial charge in [0.2, 0.25) is 5.91 Å². The smallest absolute Gasteiger partial charge is 0.408 e. The number of carbonyl (C=O) groups is 2. The van der Waals surface area contributed by atoms with Gasteiger partial charge in [-0.1, -0.05) is 140 Å². The second kappa shape index (κ2) is 17.6. The van der Waals surface area contributed by atoms with Gasteiger partial charge in [-0.2, -0.15) is 0 Å². The fourth-order valence-corrected chi connectivity index (χ4v) is 7.05. The predicted molar refractivity (Wildman–Crippen MR) is 200 cm³/mol. The molecule has 7 heteroatoms. The highest BCUT2D eigenvalue weighted by molar-refractivity contribution is 5.87. The fourth-order valence-electron chi connectivity index (χ4n) is 7.05. The molecule has 0 saturated heterocycles. The van der Waals surface area contributed by atoms with Crippen molar-refractivity contribution in [3.05, 3.63) is 167 Å². The van der Waals surface area contributed by atoms with Crippen molar-refractivity contribution < 1.29 is 23.8 Å². The van der Waals surface area contributed by atoms with Crippen LogP contribution in [-0.4, -0.2) is 56.1 Å². The van der Waals surface area contributed by atoms with Crippen LogP contribution < -0.4 is 5.32 Å². The predicted octanol–water partition coefficient (Wildman–Crippen LogP) is 8.72. The summed E-state index contributed by atoms with van der Waals surface area (Å²) in [5.74, 6) is -0.318. The molecule has 1 N–H and O–H groups in total. The van der Waals surface area contributed by atoms with Crippen molar-refractivity contribution >= 4 is 12.0 Å². The maximum Gasteiger partial charge on any atom is 0.408 e. The van der Waals surface area contributed by atoms with E-state index in [1.807, 2.05) is 105 Å². The molecule has 0 saturated carbocycles. The van der Waals surface area contributed by atoms with E-state index in [4.69, 9.17) is 14.2 Å². The van der Waals surface area contributed by atoms with Crippen molar-refractivity contribution in [2.45, 2.75) is 44.4 Å². The first-order valence-corrected chi connectivity index (χ1v) is 17.9. The number of hydrogen-bond donors (Lipinski definition) is 1. The molecule has 1 aliphatic rings. The summed E-state index contributed by atoms with van der Waals surface area (Å²) >= 11 is 0. The molecular weight excluding hydrogens is 636 g/mol. The Morgan fingerprint density at radius 2 is 1.12 bits per heavy atom. The van der Waals surface area contributed by atoms with Crippen molar-refractivity contribution in [1.29, 1.82) is 0 Å². The van der Waals surface area contributed by atoms with E-state index >= 15 is 0 Å². The zero-order chi connectivity index (χ0) is 35.4. The molecular formula is C44H46N2O5. The lowest BCUT2D eigenvalue weighted by Gasteiger charge is -2.32. The van der Waals surface area contributed by atoms with Crippen LogP contribution in [0.25, 0.3) is 11.1 Å². The molecule has 0 spiro atoms. The summed E-state index contributed by atoms with van der Waals surface area (Å²) in [7, 11) is 0. The van der Waals surface area contributed by atoms with Crippen molar-refractivity contribution in [3.63, 3.8) is 0 Å². The SMILES string of the molecule is CCOC(CN(CCC(c1ccccc1)c1ccccc1)C(=O)C(NC(=O)OCC1c2ccccc2-c2ccccc21)c1ccccc1)OCC. The Morgan fingerprint density at radius 1 is 0.647 bits per heavy atom. The van der Waals surface area contributed by atoms with Gasteiger partial charge in [-0.3, -0.25) is 4.79 Å². The molecule has 1 aliphatic carbocycles. The van der Waals surface area contributed by atoms with Gasteiger partial charge in [-0.25, -0.2) is 4.79 Å². The van der Waals surface area contributed by atoms with Crippen molar-refractivity contribution in [1.82, 2.24) is 10.2 Å². The van der Waals surface area contributed by atoms with Crippen LogP contribution in [0.5, 0.6) is 0 Å². The largest absolute Gasteiger partial charge is 0.449 e. The molecule has 0 aliphatic heterocycles. The molecule has 0 heterocycles. The lowest BCUT2D eigenvalue weighted by atomic mass is 9.88. The van der Waals surface area contributed by atoms with E-state index in [9.17, 15) is 9.59 Å². The van der Waals surface area contributed by atoms with Crippen LogP contribution in [0.15, 0.2) is 140 Å². The zero-order valence-corrected chi connectivity index (χ0v) is 29.3. The van der Waals surface area contributed by atoms with Crippen LogP contribution >= 0.6 is 0 Å². The van der Waals surface area contributed by atoms with Crippen molar-refractivity contribution in [3.8, 4) is 11.1 Å². The van der Waals surface area contributed by atoms with Gasteiger partial charge in [0.15, 0.2) is 6.29 Å². The quantitative estimate of drug-likeness (QED) is 0.105. The Kier molecular flexibility index (Phi) is 12.3. The van der Waals surface area contributed by atoms with Gasteiger partial charge in [0.25, 0.3) is 0 Å². The molecule has 0 bridgehead atoms. The van der Waals surface area contributed by atoms with E-state index in [-0.39, 0.29) is 30.9 Å². The number of fused-ring (bicyclic) bond motifs is 3. The van der Waals surface area contributed by atoms with E-state index in [2.05, 4.69) is 53.8 Å². The molecule has 1 atom stereocenters. The molecule has 7 nitrogen and oxygen atoms in total. The second-order valence-corrected chi connectivity index (χ2v) is 12.6. The Bertz CT molecular complexity index is 1760. The van der Waals surface area contributed by atoms with Gasteiger partial charge >= 0.3 is 6.09 Å². The van der Waals surface area contributed by atoms with Crippen LogP contribution in [-0.2, 0) is 19.0 Å². The summed E-state index contributed by atoms with van der Waals surface area (Å²) in [6, 6.07) is 45.4.